The average Bonchev–Trinajstić information content (AvgIpc) is 2.62. The highest BCUT2D eigenvalue weighted by atomic mass is 16.5. The molecule has 1 atom stereocenters. The Kier molecular flexibility index (Phi) is 4.51. The molecule has 1 aliphatic rings. The summed E-state index contributed by atoms with van der Waals surface area (Å²) in [6.07, 6.45) is 4.28. The third-order valence-electron chi connectivity index (χ3n) is 3.53. The van der Waals surface area contributed by atoms with Crippen LogP contribution in [0.3, 0.4) is 0 Å². The summed E-state index contributed by atoms with van der Waals surface area (Å²) in [5, 5.41) is 2.16. The topological polar surface area (TPSA) is 101 Å². The number of imide groups is 2. The first-order valence-corrected chi connectivity index (χ1v) is 7.37. The molecule has 4 amide bonds. The van der Waals surface area contributed by atoms with Gasteiger partial charge >= 0.3 is 6.03 Å². The van der Waals surface area contributed by atoms with Gasteiger partial charge in [-0.2, -0.15) is 0 Å². The van der Waals surface area contributed by atoms with E-state index < -0.39 is 23.8 Å². The number of nitrogens with one attached hydrogen (secondary N) is 1. The number of methoxy groups -OCH3 is 1. The number of hydrogen-bond acceptors (Lipinski definition) is 6. The van der Waals surface area contributed by atoms with Crippen LogP contribution >= 0.6 is 0 Å². The fourth-order valence-corrected chi connectivity index (χ4v) is 2.31. The summed E-state index contributed by atoms with van der Waals surface area (Å²) >= 11 is 0. The lowest BCUT2D eigenvalue weighted by atomic mass is 10.1. The number of carbonyl (C=O) groups is 3. The Labute approximate surface area is 143 Å². The lowest BCUT2D eigenvalue weighted by molar-refractivity contribution is -0.131. The van der Waals surface area contributed by atoms with Gasteiger partial charge in [0.15, 0.2) is 5.92 Å². The van der Waals surface area contributed by atoms with Crippen LogP contribution in [0.25, 0.3) is 0 Å². The molecule has 1 aromatic heterocycles. The highest BCUT2D eigenvalue weighted by Crippen LogP contribution is 2.24. The standard InChI is InChI=1S/C17H14N4O4/c1-25-13-6-2-5-12(8-13)21-16(23)14(15(22)20-17(21)24)10-19-11-4-3-7-18-9-11/h2-10,14H,1H3,(H,20,22,24)/t14-/m0/s1. The molecule has 25 heavy (non-hydrogen) atoms. The normalized spacial score (nSPS) is 17.7. The largest absolute Gasteiger partial charge is 0.497 e. The van der Waals surface area contributed by atoms with Crippen molar-refractivity contribution in [1.82, 2.24) is 10.3 Å². The smallest absolute Gasteiger partial charge is 0.335 e. The Bertz CT molecular complexity index is 851. The van der Waals surface area contributed by atoms with Gasteiger partial charge in [-0.05, 0) is 24.3 Å². The van der Waals surface area contributed by atoms with Crippen molar-refractivity contribution in [3.05, 3.63) is 48.8 Å². The van der Waals surface area contributed by atoms with Gasteiger partial charge in [0.25, 0.3) is 5.91 Å². The first-order valence-electron chi connectivity index (χ1n) is 7.37. The summed E-state index contributed by atoms with van der Waals surface area (Å²) in [5.41, 5.74) is 0.794. The van der Waals surface area contributed by atoms with Crippen LogP contribution in [-0.2, 0) is 9.59 Å². The van der Waals surface area contributed by atoms with Crippen molar-refractivity contribution in [2.45, 2.75) is 0 Å². The zero-order chi connectivity index (χ0) is 17.8. The third kappa shape index (κ3) is 3.37. The van der Waals surface area contributed by atoms with Crippen LogP contribution < -0.4 is 15.0 Å². The number of benzene rings is 1. The summed E-state index contributed by atoms with van der Waals surface area (Å²) < 4.78 is 5.10. The van der Waals surface area contributed by atoms with Gasteiger partial charge in [-0.1, -0.05) is 6.07 Å². The summed E-state index contributed by atoms with van der Waals surface area (Å²) in [6.45, 7) is 0. The minimum Gasteiger partial charge on any atom is -0.497 e. The molecule has 2 heterocycles. The van der Waals surface area contributed by atoms with Crippen LogP contribution in [0.1, 0.15) is 0 Å². The number of barbiturate groups is 1. The van der Waals surface area contributed by atoms with E-state index in [1.807, 2.05) is 0 Å². The van der Waals surface area contributed by atoms with E-state index in [-0.39, 0.29) is 0 Å². The van der Waals surface area contributed by atoms with E-state index in [0.29, 0.717) is 17.1 Å². The highest BCUT2D eigenvalue weighted by molar-refractivity contribution is 6.32. The molecule has 0 spiro atoms. The molecule has 8 nitrogen and oxygen atoms in total. The van der Waals surface area contributed by atoms with Gasteiger partial charge in [-0.25, -0.2) is 9.69 Å². The maximum absolute atomic E-state index is 12.7. The lowest BCUT2D eigenvalue weighted by Crippen LogP contribution is -2.58. The van der Waals surface area contributed by atoms with Crippen LogP contribution in [0.2, 0.25) is 0 Å². The number of rotatable bonds is 4. The zero-order valence-electron chi connectivity index (χ0n) is 13.2. The van der Waals surface area contributed by atoms with Gasteiger partial charge in [0.2, 0.25) is 5.91 Å². The van der Waals surface area contributed by atoms with Crippen molar-refractivity contribution in [2.75, 3.05) is 12.0 Å². The molecule has 0 saturated carbocycles. The second-order valence-corrected chi connectivity index (χ2v) is 5.14. The van der Waals surface area contributed by atoms with Crippen molar-refractivity contribution in [1.29, 1.82) is 0 Å². The summed E-state index contributed by atoms with van der Waals surface area (Å²) in [7, 11) is 1.48. The number of pyridine rings is 1. The van der Waals surface area contributed by atoms with Gasteiger partial charge in [-0.15, -0.1) is 0 Å². The van der Waals surface area contributed by atoms with Gasteiger partial charge in [0.05, 0.1) is 24.7 Å². The van der Waals surface area contributed by atoms with E-state index in [1.165, 1.54) is 25.6 Å². The van der Waals surface area contributed by atoms with E-state index in [2.05, 4.69) is 15.3 Å². The number of ether oxygens (including phenoxy) is 1. The predicted octanol–water partition coefficient (Wildman–Crippen LogP) is 1.69. The quantitative estimate of drug-likeness (QED) is 0.675. The van der Waals surface area contributed by atoms with E-state index >= 15 is 0 Å². The SMILES string of the molecule is COc1cccc(N2C(=O)NC(=O)[C@H](C=Nc3cccnc3)C2=O)c1. The number of anilines is 1. The Morgan fingerprint density at radius 3 is 2.80 bits per heavy atom. The molecule has 126 valence electrons. The fraction of sp³-hybridized carbons (Fsp3) is 0.118. The van der Waals surface area contributed by atoms with Gasteiger partial charge < -0.3 is 4.74 Å². The van der Waals surface area contributed by atoms with Gasteiger partial charge in [0, 0.05) is 18.5 Å². The summed E-state index contributed by atoms with van der Waals surface area (Å²) in [6, 6.07) is 8.98. The van der Waals surface area contributed by atoms with Crippen LogP contribution in [0.15, 0.2) is 53.8 Å². The molecular formula is C17H14N4O4. The number of aliphatic imine (C=N–C) groups is 1. The maximum Gasteiger partial charge on any atom is 0.335 e. The van der Waals surface area contributed by atoms with E-state index in [4.69, 9.17) is 4.74 Å². The molecule has 1 aliphatic heterocycles. The molecule has 0 bridgehead atoms. The Morgan fingerprint density at radius 1 is 1.24 bits per heavy atom. The molecule has 1 saturated heterocycles. The number of nitrogens with zero attached hydrogens (tertiary/aromatic N) is 3. The second kappa shape index (κ2) is 6.91. The molecule has 0 aliphatic carbocycles. The summed E-state index contributed by atoms with van der Waals surface area (Å²) in [4.78, 5) is 45.7. The van der Waals surface area contributed by atoms with Crippen LogP contribution in [0, 0.1) is 5.92 Å². The van der Waals surface area contributed by atoms with Gasteiger partial charge in [0.1, 0.15) is 5.75 Å². The number of carbonyl (C=O) groups excluding carboxylic acids is 3. The highest BCUT2D eigenvalue weighted by Gasteiger charge is 2.40. The minimum atomic E-state index is -1.22. The molecule has 0 radical (unpaired) electrons. The molecular weight excluding hydrogens is 324 g/mol. The van der Waals surface area contributed by atoms with Crippen molar-refractivity contribution in [3.8, 4) is 5.75 Å². The van der Waals surface area contributed by atoms with Crippen molar-refractivity contribution < 1.29 is 19.1 Å². The lowest BCUT2D eigenvalue weighted by Gasteiger charge is -2.28. The van der Waals surface area contributed by atoms with Crippen molar-refractivity contribution in [2.24, 2.45) is 10.9 Å². The van der Waals surface area contributed by atoms with E-state index in [0.717, 1.165) is 4.90 Å². The van der Waals surface area contributed by atoms with Gasteiger partial charge in [-0.3, -0.25) is 24.9 Å². The van der Waals surface area contributed by atoms with Crippen LogP contribution in [0.5, 0.6) is 5.75 Å². The average molecular weight is 338 g/mol. The molecule has 3 rings (SSSR count). The first-order chi connectivity index (χ1) is 12.1. The van der Waals surface area contributed by atoms with E-state index in [9.17, 15) is 14.4 Å². The third-order valence-corrected chi connectivity index (χ3v) is 3.53. The Balaban J connectivity index is 1.90. The van der Waals surface area contributed by atoms with Crippen LogP contribution in [0.4, 0.5) is 16.2 Å². The summed E-state index contributed by atoms with van der Waals surface area (Å²) in [5.74, 6) is -2.14. The molecule has 8 heteroatoms. The Morgan fingerprint density at radius 2 is 2.08 bits per heavy atom. The Hall–Kier alpha value is -3.55. The molecule has 0 unspecified atom stereocenters. The zero-order valence-corrected chi connectivity index (χ0v) is 13.2. The first kappa shape index (κ1) is 16.3. The van der Waals surface area contributed by atoms with E-state index in [1.54, 1.807) is 36.5 Å². The molecule has 1 fully saturated rings. The molecule has 1 aromatic carbocycles. The van der Waals surface area contributed by atoms with Crippen molar-refractivity contribution >= 4 is 35.4 Å². The number of hydrogen-bond donors (Lipinski definition) is 1. The molecule has 1 N–H and O–H groups in total. The minimum absolute atomic E-state index is 0.300. The number of urea groups is 1. The monoisotopic (exact) mass is 338 g/mol. The number of amides is 4. The molecule has 2 aromatic rings. The predicted molar refractivity (Wildman–Crippen MR) is 89.9 cm³/mol. The number of aromatic nitrogens is 1. The maximum atomic E-state index is 12.7. The van der Waals surface area contributed by atoms with Crippen LogP contribution in [-0.4, -0.2) is 36.2 Å². The van der Waals surface area contributed by atoms with Crippen molar-refractivity contribution in [3.63, 3.8) is 0 Å². The second-order valence-electron chi connectivity index (χ2n) is 5.14. The fourth-order valence-electron chi connectivity index (χ4n) is 2.31.